The van der Waals surface area contributed by atoms with Gasteiger partial charge >= 0.3 is 0 Å². The lowest BCUT2D eigenvalue weighted by Crippen LogP contribution is -2.08. The van der Waals surface area contributed by atoms with E-state index in [2.05, 4.69) is 5.32 Å². The van der Waals surface area contributed by atoms with Crippen LogP contribution in [0.2, 0.25) is 0 Å². The summed E-state index contributed by atoms with van der Waals surface area (Å²) in [6.45, 7) is 0. The zero-order chi connectivity index (χ0) is 13.5. The van der Waals surface area contributed by atoms with Gasteiger partial charge in [-0.2, -0.15) is 5.26 Å². The fourth-order valence-corrected chi connectivity index (χ4v) is 1.60. The van der Waals surface area contributed by atoms with Crippen molar-refractivity contribution in [2.75, 3.05) is 5.32 Å². The smallest absolute Gasteiger partial charge is 0.248 e. The second-order valence-electron chi connectivity index (χ2n) is 3.89. The summed E-state index contributed by atoms with van der Waals surface area (Å²) in [7, 11) is 0. The Bertz CT molecular complexity index is 639. The molecule has 0 radical (unpaired) electrons. The number of nitrogens with zero attached hydrogens (tertiary/aromatic N) is 1. The standard InChI is InChI=1S/C16H12N2O/c17-12-14-8-4-5-9-15(14)18-16(19)11-10-13-6-2-1-3-7-13/h1-11H,(H,18,19)/b11-10+. The first-order chi connectivity index (χ1) is 9.29. The Morgan fingerprint density at radius 1 is 1.05 bits per heavy atom. The number of hydrogen-bond donors (Lipinski definition) is 1. The molecular weight excluding hydrogens is 236 g/mol. The number of carbonyl (C=O) groups excluding carboxylic acids is 1. The highest BCUT2D eigenvalue weighted by atomic mass is 16.1. The summed E-state index contributed by atoms with van der Waals surface area (Å²) in [6.07, 6.45) is 3.17. The van der Waals surface area contributed by atoms with Crippen LogP contribution in [0.25, 0.3) is 6.08 Å². The minimum Gasteiger partial charge on any atom is -0.321 e. The van der Waals surface area contributed by atoms with Crippen molar-refractivity contribution >= 4 is 17.7 Å². The Morgan fingerprint density at radius 3 is 2.47 bits per heavy atom. The average molecular weight is 248 g/mol. The van der Waals surface area contributed by atoms with Crippen LogP contribution in [-0.4, -0.2) is 5.91 Å². The summed E-state index contributed by atoms with van der Waals surface area (Å²) in [5.74, 6) is -0.258. The van der Waals surface area contributed by atoms with E-state index in [1.54, 1.807) is 30.3 Å². The normalized spacial score (nSPS) is 10.1. The molecule has 1 N–H and O–H groups in total. The molecule has 92 valence electrons. The van der Waals surface area contributed by atoms with Gasteiger partial charge in [-0.25, -0.2) is 0 Å². The van der Waals surface area contributed by atoms with Crippen LogP contribution < -0.4 is 5.32 Å². The van der Waals surface area contributed by atoms with Crippen molar-refractivity contribution in [1.29, 1.82) is 5.26 Å². The molecule has 0 spiro atoms. The van der Waals surface area contributed by atoms with Gasteiger partial charge in [0.1, 0.15) is 6.07 Å². The first kappa shape index (κ1) is 12.6. The third-order valence-corrected chi connectivity index (χ3v) is 2.53. The van der Waals surface area contributed by atoms with Crippen molar-refractivity contribution in [1.82, 2.24) is 0 Å². The minimum atomic E-state index is -0.258. The Labute approximate surface area is 111 Å². The van der Waals surface area contributed by atoms with Gasteiger partial charge in [0.25, 0.3) is 0 Å². The number of amides is 1. The van der Waals surface area contributed by atoms with E-state index in [9.17, 15) is 4.79 Å². The number of para-hydroxylation sites is 1. The van der Waals surface area contributed by atoms with Crippen LogP contribution in [0.15, 0.2) is 60.7 Å². The quantitative estimate of drug-likeness (QED) is 0.848. The van der Waals surface area contributed by atoms with E-state index in [4.69, 9.17) is 5.26 Å². The van der Waals surface area contributed by atoms with Crippen LogP contribution in [0.5, 0.6) is 0 Å². The largest absolute Gasteiger partial charge is 0.321 e. The molecule has 0 aliphatic heterocycles. The average Bonchev–Trinajstić information content (AvgIpc) is 2.47. The molecule has 0 aromatic heterocycles. The van der Waals surface area contributed by atoms with E-state index >= 15 is 0 Å². The Kier molecular flexibility index (Phi) is 4.09. The van der Waals surface area contributed by atoms with E-state index in [1.165, 1.54) is 6.08 Å². The number of carbonyl (C=O) groups is 1. The molecule has 0 saturated heterocycles. The van der Waals surface area contributed by atoms with E-state index in [-0.39, 0.29) is 5.91 Å². The summed E-state index contributed by atoms with van der Waals surface area (Å²) in [5, 5.41) is 11.6. The molecule has 0 unspecified atom stereocenters. The summed E-state index contributed by atoms with van der Waals surface area (Å²) in [6, 6.07) is 18.5. The fourth-order valence-electron chi connectivity index (χ4n) is 1.60. The second kappa shape index (κ2) is 6.18. The van der Waals surface area contributed by atoms with Crippen molar-refractivity contribution in [3.8, 4) is 6.07 Å². The van der Waals surface area contributed by atoms with E-state index in [0.717, 1.165) is 5.56 Å². The van der Waals surface area contributed by atoms with Crippen LogP contribution in [0.1, 0.15) is 11.1 Å². The first-order valence-electron chi connectivity index (χ1n) is 5.83. The van der Waals surface area contributed by atoms with Crippen molar-refractivity contribution in [3.63, 3.8) is 0 Å². The molecular formula is C16H12N2O. The zero-order valence-corrected chi connectivity index (χ0v) is 10.2. The van der Waals surface area contributed by atoms with Gasteiger partial charge in [-0.3, -0.25) is 4.79 Å². The third-order valence-electron chi connectivity index (χ3n) is 2.53. The summed E-state index contributed by atoms with van der Waals surface area (Å²) < 4.78 is 0. The Hall–Kier alpha value is -2.86. The van der Waals surface area contributed by atoms with Gasteiger partial charge in [0.2, 0.25) is 5.91 Å². The summed E-state index contributed by atoms with van der Waals surface area (Å²) >= 11 is 0. The molecule has 0 aliphatic rings. The van der Waals surface area contributed by atoms with Crippen molar-refractivity contribution in [2.45, 2.75) is 0 Å². The van der Waals surface area contributed by atoms with Gasteiger partial charge in [0.05, 0.1) is 11.3 Å². The topological polar surface area (TPSA) is 52.9 Å². The first-order valence-corrected chi connectivity index (χ1v) is 5.83. The highest BCUT2D eigenvalue weighted by molar-refractivity contribution is 6.02. The van der Waals surface area contributed by atoms with Crippen LogP contribution in [-0.2, 0) is 4.79 Å². The van der Waals surface area contributed by atoms with Crippen LogP contribution >= 0.6 is 0 Å². The van der Waals surface area contributed by atoms with E-state index in [1.807, 2.05) is 36.4 Å². The molecule has 0 fully saturated rings. The Morgan fingerprint density at radius 2 is 1.74 bits per heavy atom. The van der Waals surface area contributed by atoms with Crippen molar-refractivity contribution in [3.05, 3.63) is 71.8 Å². The summed E-state index contributed by atoms with van der Waals surface area (Å²) in [5.41, 5.74) is 1.92. The summed E-state index contributed by atoms with van der Waals surface area (Å²) in [4.78, 5) is 11.7. The van der Waals surface area contributed by atoms with Crippen molar-refractivity contribution in [2.24, 2.45) is 0 Å². The molecule has 2 rings (SSSR count). The SMILES string of the molecule is N#Cc1ccccc1NC(=O)/C=C/c1ccccc1. The highest BCUT2D eigenvalue weighted by Gasteiger charge is 2.02. The lowest BCUT2D eigenvalue weighted by molar-refractivity contribution is -0.111. The van der Waals surface area contributed by atoms with Gasteiger partial charge in [0, 0.05) is 6.08 Å². The van der Waals surface area contributed by atoms with E-state index < -0.39 is 0 Å². The fraction of sp³-hybridized carbons (Fsp3) is 0. The number of hydrogen-bond acceptors (Lipinski definition) is 2. The number of anilines is 1. The predicted molar refractivity (Wildman–Crippen MR) is 75.3 cm³/mol. The monoisotopic (exact) mass is 248 g/mol. The molecule has 2 aromatic carbocycles. The molecule has 0 aliphatic carbocycles. The molecule has 0 saturated carbocycles. The molecule has 0 heterocycles. The number of nitriles is 1. The zero-order valence-electron chi connectivity index (χ0n) is 10.2. The molecule has 2 aromatic rings. The van der Waals surface area contributed by atoms with Gasteiger partial charge in [-0.1, -0.05) is 42.5 Å². The maximum absolute atomic E-state index is 11.7. The Balaban J connectivity index is 2.06. The van der Waals surface area contributed by atoms with Crippen molar-refractivity contribution < 1.29 is 4.79 Å². The molecule has 3 heteroatoms. The predicted octanol–water partition coefficient (Wildman–Crippen LogP) is 3.21. The number of rotatable bonds is 3. The van der Waals surface area contributed by atoms with Gasteiger partial charge in [-0.15, -0.1) is 0 Å². The molecule has 19 heavy (non-hydrogen) atoms. The number of nitrogens with one attached hydrogen (secondary N) is 1. The number of benzene rings is 2. The maximum Gasteiger partial charge on any atom is 0.248 e. The lowest BCUT2D eigenvalue weighted by Gasteiger charge is -2.03. The molecule has 1 amide bonds. The van der Waals surface area contributed by atoms with E-state index in [0.29, 0.717) is 11.3 Å². The van der Waals surface area contributed by atoms with Crippen LogP contribution in [0.3, 0.4) is 0 Å². The lowest BCUT2D eigenvalue weighted by atomic mass is 10.2. The van der Waals surface area contributed by atoms with Gasteiger partial charge < -0.3 is 5.32 Å². The van der Waals surface area contributed by atoms with Crippen LogP contribution in [0, 0.1) is 11.3 Å². The second-order valence-corrected chi connectivity index (χ2v) is 3.89. The molecule has 3 nitrogen and oxygen atoms in total. The van der Waals surface area contributed by atoms with Gasteiger partial charge in [-0.05, 0) is 23.8 Å². The van der Waals surface area contributed by atoms with Crippen LogP contribution in [0.4, 0.5) is 5.69 Å². The van der Waals surface area contributed by atoms with Gasteiger partial charge in [0.15, 0.2) is 0 Å². The maximum atomic E-state index is 11.7. The highest BCUT2D eigenvalue weighted by Crippen LogP contribution is 2.13. The molecule has 0 bridgehead atoms. The molecule has 0 atom stereocenters. The minimum absolute atomic E-state index is 0.258. The third kappa shape index (κ3) is 3.55.